The van der Waals surface area contributed by atoms with Crippen molar-refractivity contribution in [2.24, 2.45) is 0 Å². The molecular weight excluding hydrogens is 410 g/mol. The highest BCUT2D eigenvalue weighted by Crippen LogP contribution is 2.27. The number of hydrogen-bond acceptors (Lipinski definition) is 6. The lowest BCUT2D eigenvalue weighted by Gasteiger charge is -2.24. The van der Waals surface area contributed by atoms with Crippen LogP contribution in [0.5, 0.6) is 0 Å². The van der Waals surface area contributed by atoms with Crippen LogP contribution in [0.4, 0.5) is 5.69 Å². The fraction of sp³-hybridized carbons (Fsp3) is 0.300. The molecule has 0 spiro atoms. The maximum Gasteiger partial charge on any atom is 0.269 e. The quantitative estimate of drug-likeness (QED) is 0.385. The number of rotatable bonds is 8. The Hall–Kier alpha value is -3.11. The number of nitrogens with zero attached hydrogens (tertiary/aromatic N) is 2. The van der Waals surface area contributed by atoms with E-state index in [9.17, 15) is 28.1 Å². The molecule has 0 aromatic heterocycles. The monoisotopic (exact) mass is 431 g/mol. The Morgan fingerprint density at radius 3 is 2.47 bits per heavy atom. The van der Waals surface area contributed by atoms with E-state index in [0.717, 1.165) is 34.1 Å². The number of nitro groups is 1. The van der Waals surface area contributed by atoms with Crippen LogP contribution in [0.3, 0.4) is 0 Å². The minimum Gasteiger partial charge on any atom is -0.345 e. The highest BCUT2D eigenvalue weighted by atomic mass is 32.2. The van der Waals surface area contributed by atoms with E-state index in [2.05, 4.69) is 5.32 Å². The van der Waals surface area contributed by atoms with Crippen LogP contribution in [-0.4, -0.2) is 48.5 Å². The number of nitrogens with one attached hydrogen (secondary N) is 1. The summed E-state index contributed by atoms with van der Waals surface area (Å²) in [5.74, 6) is -0.536. The first kappa shape index (κ1) is 21.6. The lowest BCUT2D eigenvalue weighted by molar-refractivity contribution is -0.384. The molecule has 30 heavy (non-hydrogen) atoms. The standard InChI is InChI=1S/C20H21N3O6S/c24-14-16(13-15-5-2-1-3-6-15)21-20(25)19-7-4-12-22(19)30(28,29)18-10-8-17(9-11-18)23(26)27/h1-3,5-6,8-11,14,16,19H,4,7,12-13H2,(H,21,25). The zero-order chi connectivity index (χ0) is 21.7. The fourth-order valence-corrected chi connectivity index (χ4v) is 5.10. The molecule has 1 amide bonds. The average Bonchev–Trinajstić information content (AvgIpc) is 3.25. The largest absolute Gasteiger partial charge is 0.345 e. The number of hydrogen-bond donors (Lipinski definition) is 1. The minimum absolute atomic E-state index is 0.121. The molecule has 2 aromatic carbocycles. The number of benzene rings is 2. The second kappa shape index (κ2) is 9.14. The third-order valence-electron chi connectivity index (χ3n) is 4.95. The normalized spacial score (nSPS) is 17.9. The molecule has 1 saturated heterocycles. The van der Waals surface area contributed by atoms with Gasteiger partial charge in [0.2, 0.25) is 15.9 Å². The molecule has 1 N–H and O–H groups in total. The second-order valence-electron chi connectivity index (χ2n) is 6.97. The first-order valence-corrected chi connectivity index (χ1v) is 10.8. The third kappa shape index (κ3) is 4.71. The molecule has 3 rings (SSSR count). The van der Waals surface area contributed by atoms with Gasteiger partial charge in [-0.1, -0.05) is 30.3 Å². The van der Waals surface area contributed by atoms with E-state index in [1.165, 1.54) is 0 Å². The predicted octanol–water partition coefficient (Wildman–Crippen LogP) is 1.67. The van der Waals surface area contributed by atoms with Crippen LogP contribution in [0.25, 0.3) is 0 Å². The molecule has 10 heteroatoms. The first-order valence-electron chi connectivity index (χ1n) is 9.39. The number of non-ortho nitro benzene ring substituents is 1. The lowest BCUT2D eigenvalue weighted by Crippen LogP contribution is -2.49. The van der Waals surface area contributed by atoms with Crippen LogP contribution in [0.1, 0.15) is 18.4 Å². The summed E-state index contributed by atoms with van der Waals surface area (Å²) in [4.78, 5) is 34.3. The van der Waals surface area contributed by atoms with Crippen molar-refractivity contribution >= 4 is 27.9 Å². The van der Waals surface area contributed by atoms with Crippen molar-refractivity contribution in [1.82, 2.24) is 9.62 Å². The van der Waals surface area contributed by atoms with E-state index in [1.807, 2.05) is 30.3 Å². The van der Waals surface area contributed by atoms with Crippen LogP contribution < -0.4 is 5.32 Å². The van der Waals surface area contributed by atoms with Gasteiger partial charge in [0.1, 0.15) is 12.3 Å². The lowest BCUT2D eigenvalue weighted by atomic mass is 10.1. The molecule has 0 bridgehead atoms. The van der Waals surface area contributed by atoms with Crippen LogP contribution >= 0.6 is 0 Å². The summed E-state index contributed by atoms with van der Waals surface area (Å²) in [5.41, 5.74) is 0.649. The Kier molecular flexibility index (Phi) is 6.58. The van der Waals surface area contributed by atoms with Crippen molar-refractivity contribution < 1.29 is 22.9 Å². The van der Waals surface area contributed by atoms with Crippen molar-refractivity contribution in [2.45, 2.75) is 36.2 Å². The molecule has 0 saturated carbocycles. The summed E-state index contributed by atoms with van der Waals surface area (Å²) >= 11 is 0. The highest BCUT2D eigenvalue weighted by molar-refractivity contribution is 7.89. The zero-order valence-corrected chi connectivity index (χ0v) is 16.8. The van der Waals surface area contributed by atoms with Gasteiger partial charge >= 0.3 is 0 Å². The second-order valence-corrected chi connectivity index (χ2v) is 8.86. The number of carbonyl (C=O) groups is 2. The number of amides is 1. The van der Waals surface area contributed by atoms with Gasteiger partial charge in [-0.05, 0) is 37.0 Å². The number of aldehydes is 1. The molecular formula is C20H21N3O6S. The molecule has 2 aromatic rings. The molecule has 0 radical (unpaired) electrons. The number of nitro benzene ring substituents is 1. The zero-order valence-electron chi connectivity index (χ0n) is 16.0. The SMILES string of the molecule is O=CC(Cc1ccccc1)NC(=O)C1CCCN1S(=O)(=O)c1ccc([N+](=O)[O-])cc1. The highest BCUT2D eigenvalue weighted by Gasteiger charge is 2.40. The van der Waals surface area contributed by atoms with Gasteiger partial charge in [0.25, 0.3) is 5.69 Å². The summed E-state index contributed by atoms with van der Waals surface area (Å²) in [7, 11) is -4.02. The van der Waals surface area contributed by atoms with Crippen molar-refractivity contribution in [3.05, 3.63) is 70.3 Å². The van der Waals surface area contributed by atoms with Gasteiger partial charge in [-0.3, -0.25) is 14.9 Å². The van der Waals surface area contributed by atoms with Gasteiger partial charge in [-0.2, -0.15) is 4.31 Å². The van der Waals surface area contributed by atoms with Crippen LogP contribution in [0, 0.1) is 10.1 Å². The molecule has 1 aliphatic heterocycles. The summed E-state index contributed by atoms with van der Waals surface area (Å²) in [5, 5.41) is 13.4. The average molecular weight is 431 g/mol. The molecule has 158 valence electrons. The topological polar surface area (TPSA) is 127 Å². The molecule has 9 nitrogen and oxygen atoms in total. The Balaban J connectivity index is 1.74. The van der Waals surface area contributed by atoms with Crippen molar-refractivity contribution in [1.29, 1.82) is 0 Å². The van der Waals surface area contributed by atoms with Gasteiger partial charge in [0.15, 0.2) is 0 Å². The van der Waals surface area contributed by atoms with E-state index in [0.29, 0.717) is 25.5 Å². The van der Waals surface area contributed by atoms with E-state index in [4.69, 9.17) is 0 Å². The Morgan fingerprint density at radius 2 is 1.87 bits per heavy atom. The minimum atomic E-state index is -4.02. The Bertz CT molecular complexity index is 1020. The van der Waals surface area contributed by atoms with Crippen LogP contribution in [0.15, 0.2) is 59.5 Å². The summed E-state index contributed by atoms with van der Waals surface area (Å²) in [6, 6.07) is 12.0. The Labute approximate surface area is 173 Å². The summed E-state index contributed by atoms with van der Waals surface area (Å²) < 4.78 is 27.1. The smallest absolute Gasteiger partial charge is 0.269 e. The van der Waals surface area contributed by atoms with Crippen LogP contribution in [-0.2, 0) is 26.0 Å². The molecule has 2 atom stereocenters. The van der Waals surface area contributed by atoms with Crippen molar-refractivity contribution in [3.8, 4) is 0 Å². The maximum atomic E-state index is 13.0. The molecule has 1 aliphatic rings. The number of sulfonamides is 1. The summed E-state index contributed by atoms with van der Waals surface area (Å²) in [6.45, 7) is 0.155. The Morgan fingerprint density at radius 1 is 1.20 bits per heavy atom. The van der Waals surface area contributed by atoms with Crippen LogP contribution in [0.2, 0.25) is 0 Å². The number of carbonyl (C=O) groups excluding carboxylic acids is 2. The van der Waals surface area contributed by atoms with E-state index >= 15 is 0 Å². The van der Waals surface area contributed by atoms with E-state index in [-0.39, 0.29) is 17.1 Å². The van der Waals surface area contributed by atoms with Gasteiger partial charge < -0.3 is 10.1 Å². The van der Waals surface area contributed by atoms with E-state index < -0.39 is 32.9 Å². The predicted molar refractivity (Wildman–Crippen MR) is 108 cm³/mol. The van der Waals surface area contributed by atoms with Gasteiger partial charge in [-0.25, -0.2) is 8.42 Å². The molecule has 2 unspecified atom stereocenters. The fourth-order valence-electron chi connectivity index (χ4n) is 3.45. The van der Waals surface area contributed by atoms with Crippen molar-refractivity contribution in [3.63, 3.8) is 0 Å². The molecule has 0 aliphatic carbocycles. The third-order valence-corrected chi connectivity index (χ3v) is 6.87. The van der Waals surface area contributed by atoms with Gasteiger partial charge in [0, 0.05) is 18.7 Å². The van der Waals surface area contributed by atoms with Gasteiger partial charge in [0.05, 0.1) is 15.9 Å². The van der Waals surface area contributed by atoms with E-state index in [1.54, 1.807) is 0 Å². The van der Waals surface area contributed by atoms with Crippen molar-refractivity contribution in [2.75, 3.05) is 6.54 Å². The summed E-state index contributed by atoms with van der Waals surface area (Å²) in [6.07, 6.45) is 1.76. The van der Waals surface area contributed by atoms with Gasteiger partial charge in [-0.15, -0.1) is 0 Å². The molecule has 1 fully saturated rings. The first-order chi connectivity index (χ1) is 14.3. The molecule has 1 heterocycles. The maximum absolute atomic E-state index is 13.0.